The van der Waals surface area contributed by atoms with E-state index >= 15 is 0 Å². The van der Waals surface area contributed by atoms with Crippen LogP contribution in [0, 0.1) is 0 Å². The number of carboxylic acids is 3. The molecule has 0 unspecified atom stereocenters. The van der Waals surface area contributed by atoms with Crippen LogP contribution in [0.15, 0.2) is 77.1 Å². The van der Waals surface area contributed by atoms with Crippen LogP contribution in [0.25, 0.3) is 11.3 Å². The van der Waals surface area contributed by atoms with E-state index in [0.29, 0.717) is 28.9 Å². The van der Waals surface area contributed by atoms with Gasteiger partial charge >= 0.3 is 36.4 Å². The summed E-state index contributed by atoms with van der Waals surface area (Å²) in [4.78, 5) is 35.3. The van der Waals surface area contributed by atoms with Gasteiger partial charge in [-0.3, -0.25) is 0 Å². The number of ether oxygens (including phenoxy) is 1. The number of hydrogen-bond acceptors (Lipinski definition) is 12. The molecule has 0 saturated heterocycles. The molecule has 0 fully saturated rings. The Kier molecular flexibility index (Phi) is 17.6. The highest BCUT2D eigenvalue weighted by Gasteiger charge is 2.39. The number of anilines is 3. The maximum Gasteiger partial charge on any atom is 0.490 e. The fourth-order valence-corrected chi connectivity index (χ4v) is 4.71. The first-order valence-corrected chi connectivity index (χ1v) is 16.5. The first-order valence-electron chi connectivity index (χ1n) is 14.1. The van der Waals surface area contributed by atoms with Gasteiger partial charge in [-0.25, -0.2) is 37.5 Å². The lowest BCUT2D eigenvalue weighted by Gasteiger charge is -2.11. The summed E-state index contributed by atoms with van der Waals surface area (Å²) in [5, 5.41) is 26.8. The lowest BCUT2D eigenvalue weighted by molar-refractivity contribution is -0.193. The van der Waals surface area contributed by atoms with E-state index in [0.717, 1.165) is 16.8 Å². The van der Waals surface area contributed by atoms with Crippen molar-refractivity contribution in [2.24, 2.45) is 0 Å². The molecule has 2 aromatic heterocycles. The number of nitrogen functional groups attached to an aromatic ring is 2. The first kappa shape index (κ1) is 47.1. The number of pyridine rings is 1. The van der Waals surface area contributed by atoms with Crippen molar-refractivity contribution in [1.82, 2.24) is 14.7 Å². The van der Waals surface area contributed by atoms with E-state index in [-0.39, 0.29) is 18.0 Å². The number of para-hydroxylation sites is 1. The monoisotopic (exact) mass is 838 g/mol. The highest BCUT2D eigenvalue weighted by molar-refractivity contribution is 7.89. The quantitative estimate of drug-likeness (QED) is 0.0797. The highest BCUT2D eigenvalue weighted by atomic mass is 32.2. The molecule has 0 atom stereocenters. The lowest BCUT2D eigenvalue weighted by Crippen LogP contribution is -2.29. The summed E-state index contributed by atoms with van der Waals surface area (Å²) in [6.45, 7) is 0.867. The summed E-state index contributed by atoms with van der Waals surface area (Å²) in [6.07, 6.45) is -13.7. The Hall–Kier alpha value is -5.89. The molecule has 2 heterocycles. The van der Waals surface area contributed by atoms with Gasteiger partial charge in [0.2, 0.25) is 10.0 Å². The predicted octanol–water partition coefficient (Wildman–Crippen LogP) is 5.24. The number of aromatic nitrogens is 2. The summed E-state index contributed by atoms with van der Waals surface area (Å²) in [5.41, 5.74) is 14.4. The molecular formula is C29H27F9N6O9S2. The molecular weight excluding hydrogens is 811 g/mol. The van der Waals surface area contributed by atoms with E-state index in [1.165, 1.54) is 17.5 Å². The Balaban J connectivity index is 0.000000588. The van der Waals surface area contributed by atoms with Gasteiger partial charge in [0.25, 0.3) is 0 Å². The maximum atomic E-state index is 12.6. The van der Waals surface area contributed by atoms with Gasteiger partial charge in [-0.1, -0.05) is 24.3 Å². The topological polar surface area (TPSA) is 257 Å². The number of benzene rings is 2. The summed E-state index contributed by atoms with van der Waals surface area (Å²) in [7, 11) is -3.64. The number of nitrogens with one attached hydrogen (secondary N) is 2. The number of nitrogens with two attached hydrogens (primary N) is 2. The van der Waals surface area contributed by atoms with E-state index in [4.69, 9.17) is 45.9 Å². The number of alkyl halides is 9. The van der Waals surface area contributed by atoms with Crippen molar-refractivity contribution in [3.63, 3.8) is 0 Å². The zero-order valence-electron chi connectivity index (χ0n) is 27.1. The van der Waals surface area contributed by atoms with Crippen LogP contribution < -0.4 is 26.2 Å². The van der Waals surface area contributed by atoms with Crippen LogP contribution in [0.2, 0.25) is 0 Å². The number of thiazole rings is 1. The number of rotatable bonds is 10. The third-order valence-corrected chi connectivity index (χ3v) is 7.70. The fraction of sp³-hybridized carbons (Fsp3) is 0.207. The Morgan fingerprint density at radius 2 is 1.27 bits per heavy atom. The Morgan fingerprint density at radius 3 is 1.71 bits per heavy atom. The predicted molar refractivity (Wildman–Crippen MR) is 176 cm³/mol. The Labute approximate surface area is 307 Å². The number of aliphatic carboxylic acids is 3. The molecule has 26 heteroatoms. The SMILES string of the molecule is Nc1ccc(NCCNS(=O)(=O)c2ccc(COc3ccccc3-c3csc(N)n3)cc2)nc1.O=C(O)C(F)(F)F.O=C(O)C(F)(F)F.O=C(O)C(F)(F)F. The van der Waals surface area contributed by atoms with Gasteiger partial charge in [0.15, 0.2) is 5.13 Å². The van der Waals surface area contributed by atoms with E-state index < -0.39 is 46.5 Å². The number of carboxylic acid groups (broad SMARTS) is 3. The van der Waals surface area contributed by atoms with E-state index in [1.54, 1.807) is 36.4 Å². The molecule has 55 heavy (non-hydrogen) atoms. The minimum Gasteiger partial charge on any atom is -0.488 e. The number of nitrogens with zero attached hydrogens (tertiary/aromatic N) is 2. The Bertz CT molecular complexity index is 1900. The van der Waals surface area contributed by atoms with Gasteiger partial charge in [0, 0.05) is 24.0 Å². The van der Waals surface area contributed by atoms with Crippen LogP contribution in [0.3, 0.4) is 0 Å². The second-order valence-corrected chi connectivity index (χ2v) is 12.4. The van der Waals surface area contributed by atoms with Crippen LogP contribution in [0.5, 0.6) is 5.75 Å². The van der Waals surface area contributed by atoms with Crippen molar-refractivity contribution in [2.75, 3.05) is 29.9 Å². The van der Waals surface area contributed by atoms with Gasteiger partial charge < -0.3 is 36.8 Å². The summed E-state index contributed by atoms with van der Waals surface area (Å²) in [5.74, 6) is -6.97. The maximum absolute atomic E-state index is 12.6. The minimum atomic E-state index is -5.08. The number of carbonyl (C=O) groups is 3. The second kappa shape index (κ2) is 20.5. The fourth-order valence-electron chi connectivity index (χ4n) is 3.11. The van der Waals surface area contributed by atoms with Crippen molar-refractivity contribution < 1.29 is 82.4 Å². The normalized spacial score (nSPS) is 11.3. The van der Waals surface area contributed by atoms with Gasteiger partial charge in [-0.15, -0.1) is 11.3 Å². The highest BCUT2D eigenvalue weighted by Crippen LogP contribution is 2.32. The van der Waals surface area contributed by atoms with Crippen LogP contribution in [0.1, 0.15) is 5.56 Å². The molecule has 0 saturated carbocycles. The lowest BCUT2D eigenvalue weighted by atomic mass is 10.1. The van der Waals surface area contributed by atoms with Gasteiger partial charge in [0.1, 0.15) is 18.2 Å². The molecule has 302 valence electrons. The van der Waals surface area contributed by atoms with Crippen LogP contribution in [-0.4, -0.2) is 83.2 Å². The molecule has 4 rings (SSSR count). The summed E-state index contributed by atoms with van der Waals surface area (Å²) < 4.78 is 129. The van der Waals surface area contributed by atoms with Crippen LogP contribution in [-0.2, 0) is 31.0 Å². The van der Waals surface area contributed by atoms with Crippen LogP contribution >= 0.6 is 11.3 Å². The summed E-state index contributed by atoms with van der Waals surface area (Å²) in [6, 6.07) is 17.6. The number of sulfonamides is 1. The minimum absolute atomic E-state index is 0.181. The molecule has 9 N–H and O–H groups in total. The molecule has 0 spiro atoms. The van der Waals surface area contributed by atoms with E-state index in [2.05, 4.69) is 20.0 Å². The van der Waals surface area contributed by atoms with Crippen molar-refractivity contribution in [3.05, 3.63) is 77.8 Å². The van der Waals surface area contributed by atoms with Crippen molar-refractivity contribution in [3.8, 4) is 17.0 Å². The Morgan fingerprint density at radius 1 is 0.764 bits per heavy atom. The largest absolute Gasteiger partial charge is 0.490 e. The average Bonchev–Trinajstić information content (AvgIpc) is 3.52. The second-order valence-electron chi connectivity index (χ2n) is 9.71. The van der Waals surface area contributed by atoms with Gasteiger partial charge in [0.05, 0.1) is 22.5 Å². The number of hydrogen-bond donors (Lipinski definition) is 7. The van der Waals surface area contributed by atoms with E-state index in [1.807, 2.05) is 29.6 Å². The van der Waals surface area contributed by atoms with Gasteiger partial charge in [-0.05, 0) is 42.0 Å². The first-order chi connectivity index (χ1) is 25.2. The zero-order valence-corrected chi connectivity index (χ0v) is 28.7. The zero-order chi connectivity index (χ0) is 42.2. The number of halogens is 9. The molecule has 0 aliphatic heterocycles. The molecule has 4 aromatic rings. The van der Waals surface area contributed by atoms with E-state index in [9.17, 15) is 47.9 Å². The summed E-state index contributed by atoms with van der Waals surface area (Å²) >= 11 is 1.37. The molecule has 0 bridgehead atoms. The van der Waals surface area contributed by atoms with Crippen molar-refractivity contribution >= 4 is 55.9 Å². The molecule has 15 nitrogen and oxygen atoms in total. The molecule has 2 aromatic carbocycles. The molecule has 0 aliphatic rings. The third-order valence-electron chi connectivity index (χ3n) is 5.55. The van der Waals surface area contributed by atoms with Gasteiger partial charge in [-0.2, -0.15) is 39.5 Å². The van der Waals surface area contributed by atoms with Crippen molar-refractivity contribution in [2.45, 2.75) is 30.0 Å². The molecule has 0 radical (unpaired) electrons. The standard InChI is InChI=1S/C23H24N6O3S2.3C2HF3O2/c24-17-7-10-22(27-13-17)26-11-12-28-34(30,31)18-8-5-16(6-9-18)14-32-21-4-2-1-3-19(21)20-15-33-23(25)29-20;3*3-2(4,5)1(6)7/h1-10,13,15,28H,11-12,14,24H2,(H2,25,29)(H,26,27);3*(H,6,7). The molecule has 0 aliphatic carbocycles. The smallest absolute Gasteiger partial charge is 0.488 e. The van der Waals surface area contributed by atoms with Crippen LogP contribution in [0.4, 0.5) is 56.2 Å². The third kappa shape index (κ3) is 18.1. The van der Waals surface area contributed by atoms with Crippen molar-refractivity contribution in [1.29, 1.82) is 0 Å². The average molecular weight is 839 g/mol. The molecule has 0 amide bonds.